The molecule has 2 aromatic carbocycles. The van der Waals surface area contributed by atoms with E-state index in [4.69, 9.17) is 0 Å². The number of hydrogen-bond donors (Lipinski definition) is 1. The van der Waals surface area contributed by atoms with Crippen molar-refractivity contribution in [1.82, 2.24) is 10.2 Å². The van der Waals surface area contributed by atoms with Gasteiger partial charge in [0.1, 0.15) is 0 Å². The summed E-state index contributed by atoms with van der Waals surface area (Å²) in [6.07, 6.45) is 0.460. The summed E-state index contributed by atoms with van der Waals surface area (Å²) in [5.41, 5.74) is 1.10. The first-order valence-electron chi connectivity index (χ1n) is 6.57. The van der Waals surface area contributed by atoms with E-state index in [9.17, 15) is 4.79 Å². The Labute approximate surface area is 126 Å². The number of hydrogen-bond acceptors (Lipinski definition) is 2. The summed E-state index contributed by atoms with van der Waals surface area (Å²) >= 11 is 0. The summed E-state index contributed by atoms with van der Waals surface area (Å²) in [4.78, 5) is 13.9. The molecule has 0 atom stereocenters. The number of amides is 1. The van der Waals surface area contributed by atoms with Gasteiger partial charge in [-0.3, -0.25) is 4.79 Å². The highest BCUT2D eigenvalue weighted by Crippen LogP contribution is 2.19. The Kier molecular flexibility index (Phi) is 6.49. The molecule has 0 bridgehead atoms. The molecule has 108 valence electrons. The lowest BCUT2D eigenvalue weighted by Gasteiger charge is -2.17. The molecule has 0 fully saturated rings. The van der Waals surface area contributed by atoms with Crippen molar-refractivity contribution >= 4 is 29.1 Å². The van der Waals surface area contributed by atoms with Crippen LogP contribution >= 0.6 is 12.4 Å². The third-order valence-corrected chi connectivity index (χ3v) is 3.34. The summed E-state index contributed by atoms with van der Waals surface area (Å²) in [5.74, 6) is 0.159. The Hall–Kier alpha value is -1.58. The first-order valence-corrected chi connectivity index (χ1v) is 6.57. The zero-order valence-corrected chi connectivity index (χ0v) is 12.7. The maximum Gasteiger partial charge on any atom is 0.226 e. The van der Waals surface area contributed by atoms with Crippen LogP contribution in [-0.2, 0) is 11.2 Å². The largest absolute Gasteiger partial charge is 0.344 e. The third kappa shape index (κ3) is 3.95. The fraction of sp³-hybridized carbons (Fsp3) is 0.312. The lowest BCUT2D eigenvalue weighted by molar-refractivity contribution is -0.129. The van der Waals surface area contributed by atoms with Gasteiger partial charge in [0.05, 0.1) is 6.42 Å². The van der Waals surface area contributed by atoms with Crippen molar-refractivity contribution in [2.24, 2.45) is 0 Å². The van der Waals surface area contributed by atoms with E-state index in [1.54, 1.807) is 4.90 Å². The van der Waals surface area contributed by atoms with E-state index in [0.717, 1.165) is 18.7 Å². The van der Waals surface area contributed by atoms with Crippen molar-refractivity contribution in [2.45, 2.75) is 6.42 Å². The summed E-state index contributed by atoms with van der Waals surface area (Å²) in [7, 11) is 3.74. The maximum absolute atomic E-state index is 12.2. The average Bonchev–Trinajstić information content (AvgIpc) is 2.45. The number of carbonyl (C=O) groups excluding carboxylic acids is 1. The molecule has 0 unspecified atom stereocenters. The molecule has 0 saturated carbocycles. The van der Waals surface area contributed by atoms with Gasteiger partial charge in [-0.25, -0.2) is 0 Å². The predicted molar refractivity (Wildman–Crippen MR) is 86.5 cm³/mol. The van der Waals surface area contributed by atoms with Gasteiger partial charge in [0.2, 0.25) is 5.91 Å². The van der Waals surface area contributed by atoms with Gasteiger partial charge in [-0.1, -0.05) is 42.5 Å². The van der Waals surface area contributed by atoms with Crippen molar-refractivity contribution in [1.29, 1.82) is 0 Å². The van der Waals surface area contributed by atoms with Crippen molar-refractivity contribution in [3.63, 3.8) is 0 Å². The van der Waals surface area contributed by atoms with Crippen molar-refractivity contribution in [2.75, 3.05) is 27.2 Å². The quantitative estimate of drug-likeness (QED) is 0.918. The van der Waals surface area contributed by atoms with Gasteiger partial charge in [-0.05, 0) is 23.4 Å². The predicted octanol–water partition coefficient (Wildman–Crippen LogP) is 2.48. The Morgan fingerprint density at radius 1 is 1.15 bits per heavy atom. The third-order valence-electron chi connectivity index (χ3n) is 3.34. The van der Waals surface area contributed by atoms with Gasteiger partial charge >= 0.3 is 0 Å². The number of benzene rings is 2. The van der Waals surface area contributed by atoms with E-state index >= 15 is 0 Å². The summed E-state index contributed by atoms with van der Waals surface area (Å²) < 4.78 is 0. The highest BCUT2D eigenvalue weighted by molar-refractivity contribution is 5.90. The Bertz CT molecular complexity index is 566. The summed E-state index contributed by atoms with van der Waals surface area (Å²) in [6.45, 7) is 1.55. The van der Waals surface area contributed by atoms with Crippen LogP contribution in [0.3, 0.4) is 0 Å². The Balaban J connectivity index is 0.00000200. The molecule has 2 rings (SSSR count). The minimum atomic E-state index is 0. The van der Waals surface area contributed by atoms with E-state index in [0.29, 0.717) is 6.42 Å². The number of carbonyl (C=O) groups is 1. The molecular formula is C16H21ClN2O. The van der Waals surface area contributed by atoms with Gasteiger partial charge in [-0.15, -0.1) is 12.4 Å². The minimum Gasteiger partial charge on any atom is -0.344 e. The molecule has 2 aromatic rings. The first kappa shape index (κ1) is 16.5. The van der Waals surface area contributed by atoms with Gasteiger partial charge in [0.15, 0.2) is 0 Å². The number of nitrogens with zero attached hydrogens (tertiary/aromatic N) is 1. The summed E-state index contributed by atoms with van der Waals surface area (Å²) in [6, 6.07) is 14.3. The molecule has 1 amide bonds. The standard InChI is InChI=1S/C16H20N2O.ClH/c1-17-10-11-18(2)16(19)12-14-8-5-7-13-6-3-4-9-15(13)14;/h3-9,17H,10-12H2,1-2H3;1H. The SMILES string of the molecule is CNCCN(C)C(=O)Cc1cccc2ccccc12.Cl. The van der Waals surface area contributed by atoms with Crippen LogP contribution in [0.2, 0.25) is 0 Å². The molecule has 0 aromatic heterocycles. The lowest BCUT2D eigenvalue weighted by Crippen LogP contribution is -2.33. The van der Waals surface area contributed by atoms with Crippen LogP contribution in [-0.4, -0.2) is 38.0 Å². The minimum absolute atomic E-state index is 0. The molecule has 0 saturated heterocycles. The molecule has 0 aliphatic rings. The fourth-order valence-electron chi connectivity index (χ4n) is 2.15. The first-order chi connectivity index (χ1) is 9.22. The normalized spacial score (nSPS) is 10.1. The van der Waals surface area contributed by atoms with Gasteiger partial charge in [-0.2, -0.15) is 0 Å². The number of nitrogens with one attached hydrogen (secondary N) is 1. The molecular weight excluding hydrogens is 272 g/mol. The number of likely N-dealkylation sites (N-methyl/N-ethyl adjacent to an activating group) is 2. The molecule has 0 aliphatic carbocycles. The fourth-order valence-corrected chi connectivity index (χ4v) is 2.15. The molecule has 3 nitrogen and oxygen atoms in total. The number of fused-ring (bicyclic) bond motifs is 1. The van der Waals surface area contributed by atoms with Crippen LogP contribution in [0, 0.1) is 0 Å². The van der Waals surface area contributed by atoms with Crippen LogP contribution in [0.1, 0.15) is 5.56 Å². The number of rotatable bonds is 5. The van der Waals surface area contributed by atoms with Gasteiger partial charge in [0, 0.05) is 20.1 Å². The van der Waals surface area contributed by atoms with E-state index in [-0.39, 0.29) is 18.3 Å². The smallest absolute Gasteiger partial charge is 0.226 e. The maximum atomic E-state index is 12.2. The van der Waals surface area contributed by atoms with E-state index in [1.165, 1.54) is 10.8 Å². The Morgan fingerprint density at radius 3 is 2.60 bits per heavy atom. The van der Waals surface area contributed by atoms with Crippen molar-refractivity contribution in [3.05, 3.63) is 48.0 Å². The zero-order chi connectivity index (χ0) is 13.7. The van der Waals surface area contributed by atoms with Crippen LogP contribution in [0.4, 0.5) is 0 Å². The molecule has 4 heteroatoms. The van der Waals surface area contributed by atoms with E-state index < -0.39 is 0 Å². The van der Waals surface area contributed by atoms with Crippen LogP contribution in [0.25, 0.3) is 10.8 Å². The van der Waals surface area contributed by atoms with Crippen LogP contribution < -0.4 is 5.32 Å². The van der Waals surface area contributed by atoms with Crippen molar-refractivity contribution < 1.29 is 4.79 Å². The highest BCUT2D eigenvalue weighted by atomic mass is 35.5. The van der Waals surface area contributed by atoms with Gasteiger partial charge in [0.25, 0.3) is 0 Å². The van der Waals surface area contributed by atoms with Crippen LogP contribution in [0.15, 0.2) is 42.5 Å². The molecule has 0 radical (unpaired) electrons. The second-order valence-electron chi connectivity index (χ2n) is 4.73. The highest BCUT2D eigenvalue weighted by Gasteiger charge is 2.10. The molecule has 0 heterocycles. The molecule has 20 heavy (non-hydrogen) atoms. The zero-order valence-electron chi connectivity index (χ0n) is 11.9. The monoisotopic (exact) mass is 292 g/mol. The molecule has 1 N–H and O–H groups in total. The molecule has 0 aliphatic heterocycles. The van der Waals surface area contributed by atoms with E-state index in [2.05, 4.69) is 23.5 Å². The topological polar surface area (TPSA) is 32.3 Å². The lowest BCUT2D eigenvalue weighted by atomic mass is 10.0. The van der Waals surface area contributed by atoms with E-state index in [1.807, 2.05) is 38.4 Å². The number of halogens is 1. The second kappa shape index (κ2) is 7.88. The molecule has 0 spiro atoms. The van der Waals surface area contributed by atoms with Crippen LogP contribution in [0.5, 0.6) is 0 Å². The van der Waals surface area contributed by atoms with Crippen molar-refractivity contribution in [3.8, 4) is 0 Å². The van der Waals surface area contributed by atoms with Gasteiger partial charge < -0.3 is 10.2 Å². The second-order valence-corrected chi connectivity index (χ2v) is 4.73. The average molecular weight is 293 g/mol. The summed E-state index contributed by atoms with van der Waals surface area (Å²) in [5, 5.41) is 5.41. The Morgan fingerprint density at radius 2 is 1.85 bits per heavy atom.